The topological polar surface area (TPSA) is 75.3 Å². The Morgan fingerprint density at radius 3 is 2.60 bits per heavy atom. The largest absolute Gasteiger partial charge is 0.508 e. The second-order valence-electron chi connectivity index (χ2n) is 4.77. The molecule has 0 saturated carbocycles. The van der Waals surface area contributed by atoms with Crippen molar-refractivity contribution < 1.29 is 9.90 Å². The molecule has 0 spiro atoms. The van der Waals surface area contributed by atoms with E-state index in [2.05, 4.69) is 5.32 Å². The number of nitrogens with one attached hydrogen (secondary N) is 1. The van der Waals surface area contributed by atoms with Crippen LogP contribution >= 0.6 is 0 Å². The lowest BCUT2D eigenvalue weighted by atomic mass is 10.0. The molecule has 1 unspecified atom stereocenters. The number of hydrogen-bond acceptors (Lipinski definition) is 3. The van der Waals surface area contributed by atoms with Crippen LogP contribution in [0.5, 0.6) is 5.75 Å². The third kappa shape index (κ3) is 3.59. The summed E-state index contributed by atoms with van der Waals surface area (Å²) in [6.07, 6.45) is 0.213. The molecule has 1 amide bonds. The third-order valence-corrected chi connectivity index (χ3v) is 3.12. The molecule has 0 aromatic heterocycles. The van der Waals surface area contributed by atoms with Crippen molar-refractivity contribution in [2.24, 2.45) is 5.73 Å². The van der Waals surface area contributed by atoms with E-state index in [4.69, 9.17) is 5.73 Å². The number of benzene rings is 2. The van der Waals surface area contributed by atoms with Crippen LogP contribution in [0.3, 0.4) is 0 Å². The lowest BCUT2D eigenvalue weighted by Gasteiger charge is -2.13. The molecule has 0 aliphatic heterocycles. The zero-order valence-corrected chi connectivity index (χ0v) is 11.3. The Labute approximate surface area is 118 Å². The molecule has 0 bridgehead atoms. The van der Waals surface area contributed by atoms with Gasteiger partial charge in [-0.25, -0.2) is 0 Å². The van der Waals surface area contributed by atoms with Gasteiger partial charge in [-0.05, 0) is 36.2 Å². The van der Waals surface area contributed by atoms with E-state index >= 15 is 0 Å². The minimum Gasteiger partial charge on any atom is -0.508 e. The standard InChI is InChI=1S/C16H18N2O2/c1-11-9-13(19)7-8-15(11)18-16(20)10-14(17)12-5-3-2-4-6-12/h2-9,14,19H,10,17H2,1H3,(H,18,20). The molecule has 0 heterocycles. The minimum absolute atomic E-state index is 0.143. The van der Waals surface area contributed by atoms with Crippen molar-refractivity contribution in [3.05, 3.63) is 59.7 Å². The van der Waals surface area contributed by atoms with Crippen molar-refractivity contribution in [1.82, 2.24) is 0 Å². The molecule has 2 rings (SSSR count). The maximum atomic E-state index is 12.0. The number of carbonyl (C=O) groups is 1. The average molecular weight is 270 g/mol. The number of anilines is 1. The van der Waals surface area contributed by atoms with Gasteiger partial charge in [0.25, 0.3) is 0 Å². The van der Waals surface area contributed by atoms with Crippen LogP contribution < -0.4 is 11.1 Å². The minimum atomic E-state index is -0.325. The van der Waals surface area contributed by atoms with Crippen molar-refractivity contribution in [3.8, 4) is 5.75 Å². The summed E-state index contributed by atoms with van der Waals surface area (Å²) in [6, 6.07) is 14.0. The number of carbonyl (C=O) groups excluding carboxylic acids is 1. The molecular weight excluding hydrogens is 252 g/mol. The maximum Gasteiger partial charge on any atom is 0.226 e. The quantitative estimate of drug-likeness (QED) is 0.748. The van der Waals surface area contributed by atoms with Gasteiger partial charge in [0, 0.05) is 18.2 Å². The normalized spacial score (nSPS) is 11.9. The van der Waals surface area contributed by atoms with E-state index in [1.54, 1.807) is 18.2 Å². The first-order valence-electron chi connectivity index (χ1n) is 6.46. The summed E-state index contributed by atoms with van der Waals surface area (Å²) in [6.45, 7) is 1.83. The fraction of sp³-hybridized carbons (Fsp3) is 0.188. The van der Waals surface area contributed by atoms with Crippen molar-refractivity contribution in [2.75, 3.05) is 5.32 Å². The molecule has 0 aliphatic carbocycles. The van der Waals surface area contributed by atoms with E-state index in [1.807, 2.05) is 37.3 Å². The lowest BCUT2D eigenvalue weighted by molar-refractivity contribution is -0.116. The number of nitrogens with two attached hydrogens (primary N) is 1. The van der Waals surface area contributed by atoms with Crippen LogP contribution in [0, 0.1) is 6.92 Å². The second-order valence-corrected chi connectivity index (χ2v) is 4.77. The van der Waals surface area contributed by atoms with Crippen LogP contribution in [0.15, 0.2) is 48.5 Å². The summed E-state index contributed by atoms with van der Waals surface area (Å²) >= 11 is 0. The van der Waals surface area contributed by atoms with Crippen LogP contribution in [-0.2, 0) is 4.79 Å². The Kier molecular flexibility index (Phi) is 4.38. The van der Waals surface area contributed by atoms with E-state index in [0.717, 1.165) is 11.1 Å². The maximum absolute atomic E-state index is 12.0. The number of rotatable bonds is 4. The summed E-state index contributed by atoms with van der Waals surface area (Å²) in [4.78, 5) is 12.0. The number of aromatic hydroxyl groups is 1. The number of phenols is 1. The summed E-state index contributed by atoms with van der Waals surface area (Å²) in [5.74, 6) is 0.0385. The van der Waals surface area contributed by atoms with Gasteiger partial charge in [0.2, 0.25) is 5.91 Å². The van der Waals surface area contributed by atoms with Crippen molar-refractivity contribution in [1.29, 1.82) is 0 Å². The lowest BCUT2D eigenvalue weighted by Crippen LogP contribution is -2.20. The average Bonchev–Trinajstić information content (AvgIpc) is 2.43. The van der Waals surface area contributed by atoms with E-state index < -0.39 is 0 Å². The van der Waals surface area contributed by atoms with Gasteiger partial charge in [0.1, 0.15) is 5.75 Å². The number of hydrogen-bond donors (Lipinski definition) is 3. The van der Waals surface area contributed by atoms with Gasteiger partial charge >= 0.3 is 0 Å². The zero-order valence-electron chi connectivity index (χ0n) is 11.3. The monoisotopic (exact) mass is 270 g/mol. The zero-order chi connectivity index (χ0) is 14.5. The molecule has 2 aromatic rings. The number of phenolic OH excluding ortho intramolecular Hbond substituents is 1. The van der Waals surface area contributed by atoms with Gasteiger partial charge in [-0.15, -0.1) is 0 Å². The third-order valence-electron chi connectivity index (χ3n) is 3.12. The van der Waals surface area contributed by atoms with Gasteiger partial charge in [-0.2, -0.15) is 0 Å². The molecule has 4 N–H and O–H groups in total. The summed E-state index contributed by atoms with van der Waals surface area (Å²) in [5.41, 5.74) is 8.45. The van der Waals surface area contributed by atoms with Gasteiger partial charge in [0.15, 0.2) is 0 Å². The molecule has 104 valence electrons. The molecule has 0 radical (unpaired) electrons. The van der Waals surface area contributed by atoms with E-state index in [0.29, 0.717) is 5.69 Å². The van der Waals surface area contributed by atoms with E-state index in [1.165, 1.54) is 0 Å². The highest BCUT2D eigenvalue weighted by atomic mass is 16.3. The first kappa shape index (κ1) is 14.1. The summed E-state index contributed by atoms with van der Waals surface area (Å²) in [7, 11) is 0. The highest BCUT2D eigenvalue weighted by molar-refractivity contribution is 5.92. The predicted octanol–water partition coefficient (Wildman–Crippen LogP) is 2.73. The Morgan fingerprint density at radius 1 is 1.25 bits per heavy atom. The molecule has 0 aliphatic rings. The molecule has 2 aromatic carbocycles. The van der Waals surface area contributed by atoms with Gasteiger partial charge < -0.3 is 16.2 Å². The van der Waals surface area contributed by atoms with Crippen molar-refractivity contribution >= 4 is 11.6 Å². The Morgan fingerprint density at radius 2 is 1.95 bits per heavy atom. The van der Waals surface area contributed by atoms with Crippen LogP contribution in [0.4, 0.5) is 5.69 Å². The van der Waals surface area contributed by atoms with Crippen molar-refractivity contribution in [3.63, 3.8) is 0 Å². The Hall–Kier alpha value is -2.33. The highest BCUT2D eigenvalue weighted by Crippen LogP contribution is 2.21. The molecule has 4 heteroatoms. The molecule has 0 fully saturated rings. The van der Waals surface area contributed by atoms with E-state index in [9.17, 15) is 9.90 Å². The predicted molar refractivity (Wildman–Crippen MR) is 79.5 cm³/mol. The molecular formula is C16H18N2O2. The summed E-state index contributed by atoms with van der Waals surface area (Å²) < 4.78 is 0. The van der Waals surface area contributed by atoms with Crippen LogP contribution in [0.25, 0.3) is 0 Å². The molecule has 0 saturated heterocycles. The van der Waals surface area contributed by atoms with Crippen LogP contribution in [0.2, 0.25) is 0 Å². The highest BCUT2D eigenvalue weighted by Gasteiger charge is 2.12. The van der Waals surface area contributed by atoms with Gasteiger partial charge in [0.05, 0.1) is 0 Å². The summed E-state index contributed by atoms with van der Waals surface area (Å²) in [5, 5.41) is 12.1. The number of aryl methyl sites for hydroxylation is 1. The molecule has 1 atom stereocenters. The molecule has 4 nitrogen and oxygen atoms in total. The van der Waals surface area contributed by atoms with Crippen LogP contribution in [0.1, 0.15) is 23.6 Å². The van der Waals surface area contributed by atoms with E-state index in [-0.39, 0.29) is 24.1 Å². The fourth-order valence-corrected chi connectivity index (χ4v) is 2.01. The van der Waals surface area contributed by atoms with Crippen LogP contribution in [-0.4, -0.2) is 11.0 Å². The Bertz CT molecular complexity index is 597. The van der Waals surface area contributed by atoms with Gasteiger partial charge in [-0.1, -0.05) is 30.3 Å². The first-order chi connectivity index (χ1) is 9.56. The first-order valence-corrected chi connectivity index (χ1v) is 6.46. The fourth-order valence-electron chi connectivity index (χ4n) is 2.01. The smallest absolute Gasteiger partial charge is 0.226 e. The molecule has 20 heavy (non-hydrogen) atoms. The SMILES string of the molecule is Cc1cc(O)ccc1NC(=O)CC(N)c1ccccc1. The van der Waals surface area contributed by atoms with Gasteiger partial charge in [-0.3, -0.25) is 4.79 Å². The number of amides is 1. The van der Waals surface area contributed by atoms with Crippen molar-refractivity contribution in [2.45, 2.75) is 19.4 Å². The Balaban J connectivity index is 1.99. The second kappa shape index (κ2) is 6.21.